The molecule has 1 N–H and O–H groups in total. The Hall–Kier alpha value is -1.74. The maximum atomic E-state index is 13.5. The van der Waals surface area contributed by atoms with Gasteiger partial charge in [0.15, 0.2) is 11.6 Å². The maximum Gasteiger partial charge on any atom is 0.159 e. The molecule has 0 unspecified atom stereocenters. The number of aliphatic hydroxyl groups excluding tert-OH is 1. The molecule has 0 amide bonds. The van der Waals surface area contributed by atoms with E-state index in [-0.39, 0.29) is 0 Å². The SMILES string of the molecule is OCCC[C@H]1CC[C@H]([C@H]2CC[C@H](c3ccc(-c4ccc(F)c(F)c4)cc3)CC2)CC1. The Morgan fingerprint density at radius 1 is 0.700 bits per heavy atom. The van der Waals surface area contributed by atoms with Gasteiger partial charge < -0.3 is 5.11 Å². The molecule has 2 fully saturated rings. The second-order valence-corrected chi connectivity index (χ2v) is 9.51. The smallest absolute Gasteiger partial charge is 0.159 e. The van der Waals surface area contributed by atoms with Crippen LogP contribution in [0.4, 0.5) is 8.78 Å². The molecule has 30 heavy (non-hydrogen) atoms. The zero-order valence-corrected chi connectivity index (χ0v) is 17.8. The van der Waals surface area contributed by atoms with Gasteiger partial charge in [-0.25, -0.2) is 8.78 Å². The standard InChI is InChI=1S/C27H34F2O/c28-26-16-15-25(18-27(26)29)24-13-11-23(12-14-24)22-9-7-21(8-10-22)20-5-3-19(4-6-20)2-1-17-30/h11-16,18-22,30H,1-10,17H2/t19-,20-,21-,22-. The molecule has 0 saturated heterocycles. The summed E-state index contributed by atoms with van der Waals surface area (Å²) >= 11 is 0. The zero-order valence-electron chi connectivity index (χ0n) is 17.8. The van der Waals surface area contributed by atoms with E-state index in [1.165, 1.54) is 75.5 Å². The molecule has 3 heteroatoms. The van der Waals surface area contributed by atoms with E-state index in [2.05, 4.69) is 12.1 Å². The molecule has 0 spiro atoms. The quantitative estimate of drug-likeness (QED) is 0.521. The first kappa shape index (κ1) is 21.5. The maximum absolute atomic E-state index is 13.5. The van der Waals surface area contributed by atoms with E-state index in [0.717, 1.165) is 35.3 Å². The van der Waals surface area contributed by atoms with Gasteiger partial charge in [0.05, 0.1) is 0 Å². The third kappa shape index (κ3) is 5.11. The van der Waals surface area contributed by atoms with Gasteiger partial charge in [-0.05, 0) is 104 Å². The predicted molar refractivity (Wildman–Crippen MR) is 118 cm³/mol. The highest BCUT2D eigenvalue weighted by atomic mass is 19.2. The van der Waals surface area contributed by atoms with E-state index < -0.39 is 11.6 Å². The van der Waals surface area contributed by atoms with E-state index in [0.29, 0.717) is 12.5 Å². The second-order valence-electron chi connectivity index (χ2n) is 9.51. The fourth-order valence-electron chi connectivity index (χ4n) is 5.88. The lowest BCUT2D eigenvalue weighted by atomic mass is 9.68. The van der Waals surface area contributed by atoms with E-state index in [9.17, 15) is 8.78 Å². The van der Waals surface area contributed by atoms with Gasteiger partial charge in [0.25, 0.3) is 0 Å². The summed E-state index contributed by atoms with van der Waals surface area (Å²) in [5, 5.41) is 9.04. The molecule has 0 radical (unpaired) electrons. The molecule has 2 aromatic carbocycles. The van der Waals surface area contributed by atoms with Crippen LogP contribution in [0.25, 0.3) is 11.1 Å². The van der Waals surface area contributed by atoms with Gasteiger partial charge >= 0.3 is 0 Å². The van der Waals surface area contributed by atoms with Crippen LogP contribution < -0.4 is 0 Å². The molecular weight excluding hydrogens is 378 g/mol. The molecule has 0 bridgehead atoms. The van der Waals surface area contributed by atoms with Crippen LogP contribution in [0.5, 0.6) is 0 Å². The molecule has 2 aromatic rings. The van der Waals surface area contributed by atoms with Crippen molar-refractivity contribution < 1.29 is 13.9 Å². The summed E-state index contributed by atoms with van der Waals surface area (Å²) in [6.07, 6.45) is 12.9. The third-order valence-corrected chi connectivity index (χ3v) is 7.74. The first-order valence-corrected chi connectivity index (χ1v) is 11.8. The topological polar surface area (TPSA) is 20.2 Å². The van der Waals surface area contributed by atoms with Gasteiger partial charge in [-0.15, -0.1) is 0 Å². The zero-order chi connectivity index (χ0) is 20.9. The van der Waals surface area contributed by atoms with Crippen molar-refractivity contribution in [1.82, 2.24) is 0 Å². The number of benzene rings is 2. The monoisotopic (exact) mass is 412 g/mol. The van der Waals surface area contributed by atoms with E-state index in [4.69, 9.17) is 5.11 Å². The molecular formula is C27H34F2O. The highest BCUT2D eigenvalue weighted by Gasteiger charge is 2.31. The van der Waals surface area contributed by atoms with Crippen LogP contribution in [0.1, 0.15) is 75.7 Å². The number of halogens is 2. The summed E-state index contributed by atoms with van der Waals surface area (Å²) in [5.41, 5.74) is 3.04. The summed E-state index contributed by atoms with van der Waals surface area (Å²) in [4.78, 5) is 0. The fourth-order valence-corrected chi connectivity index (χ4v) is 5.88. The normalized spacial score (nSPS) is 27.2. The van der Waals surface area contributed by atoms with Gasteiger partial charge in [0.2, 0.25) is 0 Å². The molecule has 0 aliphatic heterocycles. The van der Waals surface area contributed by atoms with Crippen LogP contribution in [0, 0.1) is 29.4 Å². The molecule has 2 aliphatic rings. The number of hydrogen-bond donors (Lipinski definition) is 1. The Balaban J connectivity index is 1.28. The summed E-state index contributed by atoms with van der Waals surface area (Å²) < 4.78 is 26.7. The fraction of sp³-hybridized carbons (Fsp3) is 0.556. The van der Waals surface area contributed by atoms with Gasteiger partial charge in [-0.1, -0.05) is 43.2 Å². The summed E-state index contributed by atoms with van der Waals surface area (Å²) in [6.45, 7) is 0.339. The Kier molecular flexibility index (Phi) is 7.20. The minimum atomic E-state index is -0.800. The first-order valence-electron chi connectivity index (χ1n) is 11.8. The van der Waals surface area contributed by atoms with Crippen molar-refractivity contribution in [1.29, 1.82) is 0 Å². The van der Waals surface area contributed by atoms with Crippen molar-refractivity contribution in [2.75, 3.05) is 6.61 Å². The van der Waals surface area contributed by atoms with Crippen molar-refractivity contribution in [2.45, 2.75) is 70.1 Å². The molecule has 0 heterocycles. The van der Waals surface area contributed by atoms with Crippen molar-refractivity contribution in [2.24, 2.45) is 17.8 Å². The molecule has 2 aliphatic carbocycles. The van der Waals surface area contributed by atoms with E-state index in [1.54, 1.807) is 6.07 Å². The molecule has 4 rings (SSSR count). The van der Waals surface area contributed by atoms with Crippen molar-refractivity contribution in [3.63, 3.8) is 0 Å². The van der Waals surface area contributed by atoms with Gasteiger partial charge in [0.1, 0.15) is 0 Å². The number of rotatable bonds is 6. The summed E-state index contributed by atoms with van der Waals surface area (Å²) in [6, 6.07) is 12.5. The van der Waals surface area contributed by atoms with Gasteiger partial charge in [-0.2, -0.15) is 0 Å². The lowest BCUT2D eigenvalue weighted by molar-refractivity contribution is 0.152. The minimum Gasteiger partial charge on any atom is -0.396 e. The molecule has 1 nitrogen and oxygen atoms in total. The van der Waals surface area contributed by atoms with Crippen molar-refractivity contribution >= 4 is 0 Å². The minimum absolute atomic E-state index is 0.339. The van der Waals surface area contributed by atoms with Crippen molar-refractivity contribution in [3.8, 4) is 11.1 Å². The average Bonchev–Trinajstić information content (AvgIpc) is 2.80. The van der Waals surface area contributed by atoms with Crippen molar-refractivity contribution in [3.05, 3.63) is 59.7 Å². The highest BCUT2D eigenvalue weighted by Crippen LogP contribution is 2.44. The highest BCUT2D eigenvalue weighted by molar-refractivity contribution is 5.63. The van der Waals surface area contributed by atoms with Crippen LogP contribution in [0.15, 0.2) is 42.5 Å². The summed E-state index contributed by atoms with van der Waals surface area (Å²) in [7, 11) is 0. The summed E-state index contributed by atoms with van der Waals surface area (Å²) in [5.74, 6) is 1.68. The third-order valence-electron chi connectivity index (χ3n) is 7.74. The average molecular weight is 413 g/mol. The van der Waals surface area contributed by atoms with E-state index >= 15 is 0 Å². The number of hydrogen-bond acceptors (Lipinski definition) is 1. The Morgan fingerprint density at radius 2 is 1.30 bits per heavy atom. The predicted octanol–water partition coefficient (Wildman–Crippen LogP) is 7.48. The van der Waals surface area contributed by atoms with Crippen LogP contribution in [0.3, 0.4) is 0 Å². The van der Waals surface area contributed by atoms with Crippen LogP contribution >= 0.6 is 0 Å². The van der Waals surface area contributed by atoms with E-state index in [1.807, 2.05) is 12.1 Å². The molecule has 162 valence electrons. The van der Waals surface area contributed by atoms with Gasteiger partial charge in [0, 0.05) is 6.61 Å². The number of aliphatic hydroxyl groups is 1. The Morgan fingerprint density at radius 3 is 1.90 bits per heavy atom. The van der Waals surface area contributed by atoms with Crippen LogP contribution in [0.2, 0.25) is 0 Å². The first-order chi connectivity index (χ1) is 14.6. The molecule has 0 aromatic heterocycles. The Labute approximate surface area is 179 Å². The lowest BCUT2D eigenvalue weighted by Gasteiger charge is -2.38. The van der Waals surface area contributed by atoms with Crippen LogP contribution in [-0.4, -0.2) is 11.7 Å². The lowest BCUT2D eigenvalue weighted by Crippen LogP contribution is -2.25. The molecule has 2 saturated carbocycles. The second kappa shape index (κ2) is 10.0. The van der Waals surface area contributed by atoms with Gasteiger partial charge in [-0.3, -0.25) is 0 Å². The van der Waals surface area contributed by atoms with Crippen LogP contribution in [-0.2, 0) is 0 Å². The largest absolute Gasteiger partial charge is 0.396 e. The Bertz CT molecular complexity index is 800. The molecule has 0 atom stereocenters.